The molecule has 0 aliphatic carbocycles. The highest BCUT2D eigenvalue weighted by Crippen LogP contribution is 2.50. The average molecular weight is 192 g/mol. The van der Waals surface area contributed by atoms with E-state index in [-0.39, 0.29) is 0 Å². The van der Waals surface area contributed by atoms with Crippen LogP contribution < -0.4 is 0 Å². The molecule has 0 radical (unpaired) electrons. The van der Waals surface area contributed by atoms with Crippen LogP contribution in [0.3, 0.4) is 0 Å². The van der Waals surface area contributed by atoms with Gasteiger partial charge in [-0.05, 0) is 13.8 Å². The van der Waals surface area contributed by atoms with Crippen LogP contribution in [0.1, 0.15) is 13.8 Å². The van der Waals surface area contributed by atoms with Gasteiger partial charge in [0, 0.05) is 0 Å². The summed E-state index contributed by atoms with van der Waals surface area (Å²) in [6.07, 6.45) is 0.471. The normalized spacial score (nSPS) is 12.0. The molecular formula is C5H9N2O4P. The van der Waals surface area contributed by atoms with Crippen molar-refractivity contribution in [1.29, 1.82) is 0 Å². The van der Waals surface area contributed by atoms with E-state index >= 15 is 0 Å². The van der Waals surface area contributed by atoms with Crippen LogP contribution in [-0.2, 0) is 9.36 Å². The van der Waals surface area contributed by atoms with Gasteiger partial charge in [-0.15, -0.1) is 0 Å². The Labute approximate surface area is 69.0 Å². The molecule has 0 aromatic carbocycles. The fourth-order valence-corrected chi connectivity index (χ4v) is 0.699. The standard InChI is InChI=1S/C5H9N2O4P/c1-5(2,12(9,10)11)4(8)3-7-6/h3H,1-2H3,(H2,9,10,11). The number of nitrogens with zero attached hydrogens (tertiary/aromatic N) is 2. The lowest BCUT2D eigenvalue weighted by Gasteiger charge is -2.19. The van der Waals surface area contributed by atoms with Crippen LogP contribution in [0.25, 0.3) is 5.53 Å². The molecule has 0 saturated heterocycles. The summed E-state index contributed by atoms with van der Waals surface area (Å²) in [5, 5.41) is -1.83. The molecule has 0 aromatic rings. The van der Waals surface area contributed by atoms with E-state index in [9.17, 15) is 9.36 Å². The maximum atomic E-state index is 10.9. The molecule has 0 saturated carbocycles. The third-order valence-electron chi connectivity index (χ3n) is 1.51. The van der Waals surface area contributed by atoms with Crippen LogP contribution in [0, 0.1) is 0 Å². The second-order valence-electron chi connectivity index (χ2n) is 2.71. The monoisotopic (exact) mass is 192 g/mol. The summed E-state index contributed by atoms with van der Waals surface area (Å²) in [5.41, 5.74) is 7.96. The van der Waals surface area contributed by atoms with Gasteiger partial charge in [0.05, 0.1) is 0 Å². The SMILES string of the molecule is CC(C)(C(=O)C=[N+]=[N-])P(=O)(O)O. The van der Waals surface area contributed by atoms with Crippen LogP contribution in [0.4, 0.5) is 0 Å². The molecule has 0 atom stereocenters. The van der Waals surface area contributed by atoms with Crippen LogP contribution in [0.15, 0.2) is 0 Å². The molecule has 0 rings (SSSR count). The van der Waals surface area contributed by atoms with Crippen molar-refractivity contribution < 1.29 is 23.9 Å². The molecule has 6 nitrogen and oxygen atoms in total. The molecular weight excluding hydrogens is 183 g/mol. The third kappa shape index (κ3) is 2.09. The Kier molecular flexibility index (Phi) is 3.07. The van der Waals surface area contributed by atoms with Crippen molar-refractivity contribution in [2.24, 2.45) is 0 Å². The fraction of sp³-hybridized carbons (Fsp3) is 0.600. The summed E-state index contributed by atoms with van der Waals surface area (Å²) in [5.74, 6) is -0.918. The Morgan fingerprint density at radius 3 is 2.25 bits per heavy atom. The number of hydrogen-bond acceptors (Lipinski definition) is 2. The Morgan fingerprint density at radius 1 is 1.58 bits per heavy atom. The molecule has 0 heterocycles. The smallest absolute Gasteiger partial charge is 0.339 e. The van der Waals surface area contributed by atoms with Gasteiger partial charge in [-0.2, -0.15) is 4.79 Å². The van der Waals surface area contributed by atoms with Gasteiger partial charge in [0.25, 0.3) is 5.78 Å². The summed E-state index contributed by atoms with van der Waals surface area (Å²) < 4.78 is 10.7. The van der Waals surface area contributed by atoms with E-state index in [0.717, 1.165) is 13.8 Å². The molecule has 68 valence electrons. The van der Waals surface area contributed by atoms with Gasteiger partial charge < -0.3 is 15.3 Å². The predicted octanol–water partition coefficient (Wildman–Crippen LogP) is -0.188. The van der Waals surface area contributed by atoms with Gasteiger partial charge in [-0.1, -0.05) is 0 Å². The number of hydrogen-bond donors (Lipinski definition) is 2. The van der Waals surface area contributed by atoms with Gasteiger partial charge in [0.1, 0.15) is 5.16 Å². The van der Waals surface area contributed by atoms with E-state index in [2.05, 4.69) is 4.79 Å². The molecule has 0 aromatic heterocycles. The molecule has 0 bridgehead atoms. The second kappa shape index (κ2) is 3.29. The molecule has 12 heavy (non-hydrogen) atoms. The maximum absolute atomic E-state index is 10.9. The average Bonchev–Trinajstić information content (AvgIpc) is 1.85. The van der Waals surface area contributed by atoms with Crippen LogP contribution in [-0.4, -0.2) is 31.7 Å². The quantitative estimate of drug-likeness (QED) is 0.279. The Bertz CT molecular complexity index is 286. The van der Waals surface area contributed by atoms with Crippen LogP contribution >= 0.6 is 7.60 Å². The van der Waals surface area contributed by atoms with Crippen molar-refractivity contribution in [1.82, 2.24) is 0 Å². The van der Waals surface area contributed by atoms with Crippen molar-refractivity contribution in [2.75, 3.05) is 0 Å². The summed E-state index contributed by atoms with van der Waals surface area (Å²) in [6.45, 7) is 2.16. The lowest BCUT2D eigenvalue weighted by atomic mass is 10.1. The molecule has 0 aliphatic rings. The summed E-state index contributed by atoms with van der Waals surface area (Å²) in [7, 11) is -4.51. The Morgan fingerprint density at radius 2 is 2.00 bits per heavy atom. The zero-order valence-electron chi connectivity index (χ0n) is 6.63. The van der Waals surface area contributed by atoms with Gasteiger partial charge in [-0.25, -0.2) is 0 Å². The minimum atomic E-state index is -4.51. The predicted molar refractivity (Wildman–Crippen MR) is 40.8 cm³/mol. The Hall–Kier alpha value is -0.800. The number of rotatable bonds is 3. The van der Waals surface area contributed by atoms with Crippen molar-refractivity contribution in [3.63, 3.8) is 0 Å². The number of ketones is 1. The minimum Gasteiger partial charge on any atom is -0.361 e. The lowest BCUT2D eigenvalue weighted by Crippen LogP contribution is -2.32. The highest BCUT2D eigenvalue weighted by atomic mass is 31.2. The first-order valence-corrected chi connectivity index (χ1v) is 4.62. The molecule has 0 fully saturated rings. The third-order valence-corrected chi connectivity index (χ3v) is 3.18. The first kappa shape index (κ1) is 11.2. The highest BCUT2D eigenvalue weighted by molar-refractivity contribution is 7.55. The van der Waals surface area contributed by atoms with Gasteiger partial charge >= 0.3 is 13.8 Å². The van der Waals surface area contributed by atoms with E-state index in [4.69, 9.17) is 15.3 Å². The van der Waals surface area contributed by atoms with Gasteiger partial charge in [0.2, 0.25) is 0 Å². The van der Waals surface area contributed by atoms with Crippen molar-refractivity contribution in [3.05, 3.63) is 5.53 Å². The van der Waals surface area contributed by atoms with Gasteiger partial charge in [-0.3, -0.25) is 9.36 Å². The van der Waals surface area contributed by atoms with Crippen molar-refractivity contribution in [3.8, 4) is 0 Å². The largest absolute Gasteiger partial charge is 0.361 e. The van der Waals surface area contributed by atoms with Crippen LogP contribution in [0.2, 0.25) is 0 Å². The topological polar surface area (TPSA) is 111 Å². The fourth-order valence-electron chi connectivity index (χ4n) is 0.354. The first-order valence-electron chi connectivity index (χ1n) is 3.01. The zero-order valence-corrected chi connectivity index (χ0v) is 7.52. The summed E-state index contributed by atoms with van der Waals surface area (Å²) >= 11 is 0. The molecule has 0 unspecified atom stereocenters. The maximum Gasteiger partial charge on any atom is 0.339 e. The molecule has 7 heteroatoms. The second-order valence-corrected chi connectivity index (χ2v) is 4.92. The number of Topliss-reactive ketones (excluding diaryl/α,β-unsaturated/α-hetero) is 1. The summed E-state index contributed by atoms with van der Waals surface area (Å²) in [6, 6.07) is 0. The molecule has 0 aliphatic heterocycles. The van der Waals surface area contributed by atoms with Crippen LogP contribution in [0.5, 0.6) is 0 Å². The van der Waals surface area contributed by atoms with E-state index in [1.807, 2.05) is 0 Å². The summed E-state index contributed by atoms with van der Waals surface area (Å²) in [4.78, 5) is 30.7. The zero-order chi connectivity index (χ0) is 9.99. The number of carbonyl (C=O) groups is 1. The van der Waals surface area contributed by atoms with E-state index in [0.29, 0.717) is 6.21 Å². The van der Waals surface area contributed by atoms with Crippen molar-refractivity contribution >= 4 is 19.6 Å². The molecule has 2 N–H and O–H groups in total. The van der Waals surface area contributed by atoms with E-state index in [1.165, 1.54) is 0 Å². The van der Waals surface area contributed by atoms with E-state index < -0.39 is 18.5 Å². The van der Waals surface area contributed by atoms with E-state index in [1.54, 1.807) is 0 Å². The van der Waals surface area contributed by atoms with Gasteiger partial charge in [0.15, 0.2) is 0 Å². The minimum absolute atomic E-state index is 0.471. The Balaban J connectivity index is 4.99. The highest BCUT2D eigenvalue weighted by Gasteiger charge is 2.45. The van der Waals surface area contributed by atoms with Crippen molar-refractivity contribution in [2.45, 2.75) is 19.0 Å². The molecule has 0 spiro atoms. The first-order chi connectivity index (χ1) is 5.23. The lowest BCUT2D eigenvalue weighted by molar-refractivity contribution is -0.118. The molecule has 0 amide bonds. The number of carbonyl (C=O) groups excluding carboxylic acids is 1.